The van der Waals surface area contributed by atoms with Crippen molar-refractivity contribution in [2.24, 2.45) is 4.36 Å². The van der Waals surface area contributed by atoms with E-state index in [1.165, 1.54) is 25.6 Å². The Labute approximate surface area is 226 Å². The molecule has 0 bridgehead atoms. The molecule has 202 valence electrons. The summed E-state index contributed by atoms with van der Waals surface area (Å²) in [6.07, 6.45) is 3.27. The molecule has 1 aromatic heterocycles. The monoisotopic (exact) mass is 548 g/mol. The number of nitrogens with one attached hydrogen (secondary N) is 1. The number of anilines is 2. The minimum atomic E-state index is -2.85. The molecule has 11 heteroatoms. The Balaban J connectivity index is 1.74. The van der Waals surface area contributed by atoms with E-state index >= 15 is 0 Å². The SMILES string of the molecule is COc1cccc(C(=O)Nc2cccc(C#Cc3cc(C(=O)N=S(C)(=O)CCCCC(=O)O)cnc3N)c2)c1. The summed E-state index contributed by atoms with van der Waals surface area (Å²) in [6.45, 7) is 0. The Morgan fingerprint density at radius 2 is 1.85 bits per heavy atom. The van der Waals surface area contributed by atoms with Gasteiger partial charge in [0, 0.05) is 41.4 Å². The van der Waals surface area contributed by atoms with Crippen molar-refractivity contribution in [3.63, 3.8) is 0 Å². The number of nitrogen functional groups attached to an aromatic ring is 1. The zero-order chi connectivity index (χ0) is 28.4. The van der Waals surface area contributed by atoms with Gasteiger partial charge in [0.1, 0.15) is 11.6 Å². The van der Waals surface area contributed by atoms with Crippen LogP contribution in [0.3, 0.4) is 0 Å². The number of aliphatic carboxylic acids is 1. The highest BCUT2D eigenvalue weighted by Crippen LogP contribution is 2.17. The maximum absolute atomic E-state index is 12.7. The maximum atomic E-state index is 12.7. The molecule has 4 N–H and O–H groups in total. The van der Waals surface area contributed by atoms with Crippen molar-refractivity contribution in [1.29, 1.82) is 0 Å². The highest BCUT2D eigenvalue weighted by Gasteiger charge is 2.12. The summed E-state index contributed by atoms with van der Waals surface area (Å²) in [5, 5.41) is 11.5. The fraction of sp³-hybridized carbons (Fsp3) is 0.214. The number of nitrogens with zero attached hydrogens (tertiary/aromatic N) is 2. The second-order valence-corrected chi connectivity index (χ2v) is 11.1. The number of rotatable bonds is 9. The zero-order valence-electron chi connectivity index (χ0n) is 21.5. The second kappa shape index (κ2) is 13.2. The largest absolute Gasteiger partial charge is 0.497 e. The standard InChI is InChI=1S/C28H28N4O6S/c1-38-24-10-6-8-21(17-24)27(35)31-23-9-5-7-19(15-23)12-13-20-16-22(18-30-26(20)29)28(36)32-39(2,37)14-4-3-11-25(33)34/h5-10,15-18H,3-4,11,14H2,1-2H3,(H2,29,30)(H,31,35)(H,33,34). The van der Waals surface area contributed by atoms with E-state index in [1.807, 2.05) is 0 Å². The molecule has 3 rings (SSSR count). The van der Waals surface area contributed by atoms with Gasteiger partial charge in [0.05, 0.1) is 28.0 Å². The highest BCUT2D eigenvalue weighted by molar-refractivity contribution is 7.93. The molecule has 0 fully saturated rings. The molecule has 1 heterocycles. The van der Waals surface area contributed by atoms with Crippen molar-refractivity contribution >= 4 is 39.0 Å². The highest BCUT2D eigenvalue weighted by atomic mass is 32.2. The average Bonchev–Trinajstić information content (AvgIpc) is 2.90. The Morgan fingerprint density at radius 3 is 2.59 bits per heavy atom. The van der Waals surface area contributed by atoms with Gasteiger partial charge in [0.25, 0.3) is 11.8 Å². The number of amides is 2. The number of nitrogens with two attached hydrogens (primary N) is 1. The lowest BCUT2D eigenvalue weighted by Gasteiger charge is -2.07. The molecular formula is C28H28N4O6S. The van der Waals surface area contributed by atoms with Gasteiger partial charge in [-0.3, -0.25) is 14.4 Å². The third kappa shape index (κ3) is 8.98. The Morgan fingerprint density at radius 1 is 1.08 bits per heavy atom. The number of aromatic nitrogens is 1. The number of carboxylic acids is 1. The van der Waals surface area contributed by atoms with E-state index in [0.29, 0.717) is 35.4 Å². The Hall–Kier alpha value is -4.69. The first-order valence-electron chi connectivity index (χ1n) is 11.9. The molecule has 10 nitrogen and oxygen atoms in total. The fourth-order valence-electron chi connectivity index (χ4n) is 3.39. The lowest BCUT2D eigenvalue weighted by molar-refractivity contribution is -0.137. The van der Waals surface area contributed by atoms with Crippen LogP contribution in [0.25, 0.3) is 0 Å². The van der Waals surface area contributed by atoms with Crippen molar-refractivity contribution in [2.75, 3.05) is 30.2 Å². The van der Waals surface area contributed by atoms with E-state index in [0.717, 1.165) is 0 Å². The molecule has 39 heavy (non-hydrogen) atoms. The van der Waals surface area contributed by atoms with Gasteiger partial charge in [-0.2, -0.15) is 4.36 Å². The summed E-state index contributed by atoms with van der Waals surface area (Å²) in [5.41, 5.74) is 7.85. The number of pyridine rings is 1. The molecule has 1 unspecified atom stereocenters. The molecule has 0 saturated heterocycles. The molecule has 0 aliphatic carbocycles. The summed E-state index contributed by atoms with van der Waals surface area (Å²) in [4.78, 5) is 39.9. The number of carbonyl (C=O) groups excluding carboxylic acids is 2. The summed E-state index contributed by atoms with van der Waals surface area (Å²) in [7, 11) is -1.32. The molecule has 0 aliphatic rings. The summed E-state index contributed by atoms with van der Waals surface area (Å²) in [5.74, 6) is 4.63. The van der Waals surface area contributed by atoms with Crippen molar-refractivity contribution < 1.29 is 28.4 Å². The molecule has 1 atom stereocenters. The van der Waals surface area contributed by atoms with Crippen LogP contribution in [0.15, 0.2) is 65.2 Å². The van der Waals surface area contributed by atoms with Gasteiger partial charge in [0.2, 0.25) is 0 Å². The predicted molar refractivity (Wildman–Crippen MR) is 149 cm³/mol. The van der Waals surface area contributed by atoms with Gasteiger partial charge in [-0.05, 0) is 55.3 Å². The van der Waals surface area contributed by atoms with Gasteiger partial charge in [-0.1, -0.05) is 24.0 Å². The maximum Gasteiger partial charge on any atom is 0.303 e. The number of benzene rings is 2. The normalized spacial score (nSPS) is 11.8. The first-order valence-corrected chi connectivity index (χ1v) is 13.9. The summed E-state index contributed by atoms with van der Waals surface area (Å²) < 4.78 is 21.6. The van der Waals surface area contributed by atoms with E-state index in [2.05, 4.69) is 26.5 Å². The third-order valence-corrected chi connectivity index (χ3v) is 7.00. The van der Waals surface area contributed by atoms with E-state index in [9.17, 15) is 18.6 Å². The molecule has 3 aromatic rings. The predicted octanol–water partition coefficient (Wildman–Crippen LogP) is 3.82. The van der Waals surface area contributed by atoms with Crippen molar-refractivity contribution in [3.05, 3.63) is 83.0 Å². The van der Waals surface area contributed by atoms with Crippen LogP contribution in [-0.2, 0) is 14.5 Å². The van der Waals surface area contributed by atoms with Crippen molar-refractivity contribution in [1.82, 2.24) is 4.98 Å². The van der Waals surface area contributed by atoms with Crippen LogP contribution < -0.4 is 15.8 Å². The van der Waals surface area contributed by atoms with Gasteiger partial charge >= 0.3 is 5.97 Å². The first kappa shape index (κ1) is 28.9. The number of unbranched alkanes of at least 4 members (excludes halogenated alkanes) is 1. The van der Waals surface area contributed by atoms with Crippen LogP contribution >= 0.6 is 0 Å². The van der Waals surface area contributed by atoms with Gasteiger partial charge in [-0.15, -0.1) is 0 Å². The minimum absolute atomic E-state index is 0.0368. The molecular weight excluding hydrogens is 520 g/mol. The quantitative estimate of drug-likeness (QED) is 0.269. The molecule has 2 amide bonds. The lowest BCUT2D eigenvalue weighted by Crippen LogP contribution is -2.11. The zero-order valence-corrected chi connectivity index (χ0v) is 22.3. The first-order chi connectivity index (χ1) is 18.6. The number of carbonyl (C=O) groups is 3. The Kier molecular flexibility index (Phi) is 9.78. The van der Waals surface area contributed by atoms with Crippen LogP contribution in [0.5, 0.6) is 5.75 Å². The third-order valence-electron chi connectivity index (χ3n) is 5.40. The van der Waals surface area contributed by atoms with Gasteiger partial charge < -0.3 is 20.9 Å². The van der Waals surface area contributed by atoms with Crippen LogP contribution in [0.2, 0.25) is 0 Å². The van der Waals surface area contributed by atoms with E-state index in [4.69, 9.17) is 15.6 Å². The molecule has 0 radical (unpaired) electrons. The topological polar surface area (TPSA) is 161 Å². The van der Waals surface area contributed by atoms with Crippen molar-refractivity contribution in [3.8, 4) is 17.6 Å². The van der Waals surface area contributed by atoms with Crippen molar-refractivity contribution in [2.45, 2.75) is 19.3 Å². The number of carboxylic acid groups (broad SMARTS) is 1. The number of methoxy groups -OCH3 is 1. The Bertz CT molecular complexity index is 1580. The van der Waals surface area contributed by atoms with E-state index < -0.39 is 21.6 Å². The van der Waals surface area contributed by atoms with E-state index in [1.54, 1.807) is 48.5 Å². The number of hydrogen-bond donors (Lipinski definition) is 3. The lowest BCUT2D eigenvalue weighted by atomic mass is 10.1. The molecule has 2 aromatic carbocycles. The molecule has 0 spiro atoms. The van der Waals surface area contributed by atoms with E-state index in [-0.39, 0.29) is 35.0 Å². The fourth-order valence-corrected chi connectivity index (χ4v) is 4.68. The summed E-state index contributed by atoms with van der Waals surface area (Å²) in [6, 6.07) is 15.1. The minimum Gasteiger partial charge on any atom is -0.497 e. The second-order valence-electron chi connectivity index (χ2n) is 8.58. The average molecular weight is 549 g/mol. The van der Waals surface area contributed by atoms with Crippen LogP contribution in [-0.4, -0.2) is 51.2 Å². The summed E-state index contributed by atoms with van der Waals surface area (Å²) >= 11 is 0. The van der Waals surface area contributed by atoms with Gasteiger partial charge in [0.15, 0.2) is 0 Å². The smallest absolute Gasteiger partial charge is 0.303 e. The molecule has 0 aliphatic heterocycles. The van der Waals surface area contributed by atoms with Gasteiger partial charge in [-0.25, -0.2) is 9.19 Å². The van der Waals surface area contributed by atoms with Crippen LogP contribution in [0, 0.1) is 11.8 Å². The van der Waals surface area contributed by atoms with Crippen LogP contribution in [0.4, 0.5) is 11.5 Å². The number of ether oxygens (including phenoxy) is 1. The number of hydrogen-bond acceptors (Lipinski definition) is 7. The van der Waals surface area contributed by atoms with Crippen LogP contribution in [0.1, 0.15) is 51.1 Å². The molecule has 0 saturated carbocycles.